The van der Waals surface area contributed by atoms with Gasteiger partial charge in [-0.25, -0.2) is 9.97 Å². The first-order valence-corrected chi connectivity index (χ1v) is 8.68. The lowest BCUT2D eigenvalue weighted by atomic mass is 10.1. The molecule has 6 nitrogen and oxygen atoms in total. The Morgan fingerprint density at radius 3 is 2.89 bits per heavy atom. The highest BCUT2D eigenvalue weighted by molar-refractivity contribution is 6.06. The summed E-state index contributed by atoms with van der Waals surface area (Å²) in [4.78, 5) is 21.4. The van der Waals surface area contributed by atoms with E-state index < -0.39 is 0 Å². The van der Waals surface area contributed by atoms with Crippen LogP contribution in [0.1, 0.15) is 17.3 Å². The average molecular weight is 358 g/mol. The van der Waals surface area contributed by atoms with E-state index in [0.717, 1.165) is 11.3 Å². The molecular formula is C21H18N4O2. The van der Waals surface area contributed by atoms with Gasteiger partial charge < -0.3 is 10.1 Å². The minimum Gasteiger partial charge on any atom is -0.493 e. The first-order chi connectivity index (χ1) is 13.2. The number of nitrogens with one attached hydrogen (secondary N) is 1. The van der Waals surface area contributed by atoms with E-state index in [0.29, 0.717) is 29.4 Å². The molecule has 4 aromatic rings. The maximum Gasteiger partial charge on any atom is 0.259 e. The summed E-state index contributed by atoms with van der Waals surface area (Å²) >= 11 is 0. The van der Waals surface area contributed by atoms with Crippen molar-refractivity contribution in [3.05, 3.63) is 78.8 Å². The van der Waals surface area contributed by atoms with Crippen molar-refractivity contribution < 1.29 is 9.53 Å². The molecule has 0 bridgehead atoms. The second-order valence-corrected chi connectivity index (χ2v) is 5.92. The Bertz CT molecular complexity index is 1070. The number of ether oxygens (including phenoxy) is 1. The van der Waals surface area contributed by atoms with Crippen LogP contribution in [0.4, 0.5) is 5.69 Å². The van der Waals surface area contributed by atoms with Crippen molar-refractivity contribution >= 4 is 17.4 Å². The van der Waals surface area contributed by atoms with Crippen molar-refractivity contribution in [1.29, 1.82) is 0 Å². The Balaban J connectivity index is 1.60. The summed E-state index contributed by atoms with van der Waals surface area (Å²) in [5.74, 6) is 0.987. The fraction of sp³-hybridized carbons (Fsp3) is 0.0952. The molecular weight excluding hydrogens is 340 g/mol. The molecule has 0 radical (unpaired) electrons. The molecule has 0 saturated heterocycles. The van der Waals surface area contributed by atoms with E-state index >= 15 is 0 Å². The smallest absolute Gasteiger partial charge is 0.259 e. The van der Waals surface area contributed by atoms with Gasteiger partial charge in [-0.3, -0.25) is 9.20 Å². The van der Waals surface area contributed by atoms with Crippen LogP contribution in [0.3, 0.4) is 0 Å². The van der Waals surface area contributed by atoms with Gasteiger partial charge in [-0.05, 0) is 37.3 Å². The second kappa shape index (κ2) is 7.29. The molecule has 1 amide bonds. The molecule has 0 spiro atoms. The fourth-order valence-corrected chi connectivity index (χ4v) is 2.86. The molecule has 2 heterocycles. The number of rotatable bonds is 5. The number of aromatic nitrogens is 3. The Hall–Kier alpha value is -3.67. The number of para-hydroxylation sites is 1. The van der Waals surface area contributed by atoms with Gasteiger partial charge >= 0.3 is 0 Å². The normalized spacial score (nSPS) is 10.7. The SMILES string of the molecule is CCOc1ccccc1C(=O)Nc1cccc(-c2cn3cccnc3n2)c1. The van der Waals surface area contributed by atoms with E-state index in [-0.39, 0.29) is 5.91 Å². The molecule has 0 aliphatic carbocycles. The average Bonchev–Trinajstić information content (AvgIpc) is 3.13. The molecule has 2 aromatic heterocycles. The highest BCUT2D eigenvalue weighted by atomic mass is 16.5. The molecule has 1 N–H and O–H groups in total. The van der Waals surface area contributed by atoms with Gasteiger partial charge in [0.25, 0.3) is 5.91 Å². The number of hydrogen-bond acceptors (Lipinski definition) is 4. The quantitative estimate of drug-likeness (QED) is 0.584. The molecule has 4 rings (SSSR count). The zero-order valence-corrected chi connectivity index (χ0v) is 14.8. The van der Waals surface area contributed by atoms with Gasteiger partial charge in [-0.2, -0.15) is 0 Å². The van der Waals surface area contributed by atoms with Crippen molar-refractivity contribution in [1.82, 2.24) is 14.4 Å². The largest absolute Gasteiger partial charge is 0.493 e. The Labute approximate surface area is 156 Å². The van der Waals surface area contributed by atoms with E-state index in [1.54, 1.807) is 18.3 Å². The van der Waals surface area contributed by atoms with Crippen LogP contribution >= 0.6 is 0 Å². The van der Waals surface area contributed by atoms with Gasteiger partial charge in [0.15, 0.2) is 0 Å². The first-order valence-electron chi connectivity index (χ1n) is 8.68. The van der Waals surface area contributed by atoms with Crippen molar-refractivity contribution in [2.45, 2.75) is 6.92 Å². The molecule has 0 unspecified atom stereocenters. The summed E-state index contributed by atoms with van der Waals surface area (Å²) in [5, 5.41) is 2.93. The van der Waals surface area contributed by atoms with Gasteiger partial charge in [0.05, 0.1) is 17.9 Å². The van der Waals surface area contributed by atoms with E-state index in [4.69, 9.17) is 4.74 Å². The van der Waals surface area contributed by atoms with Crippen LogP contribution in [0.2, 0.25) is 0 Å². The molecule has 134 valence electrons. The standard InChI is InChI=1S/C21H18N4O2/c1-2-27-19-10-4-3-9-17(19)20(26)23-16-8-5-7-15(13-16)18-14-25-12-6-11-22-21(25)24-18/h3-14H,2H2,1H3,(H,23,26). The minimum absolute atomic E-state index is 0.215. The number of hydrogen-bond donors (Lipinski definition) is 1. The van der Waals surface area contributed by atoms with Crippen molar-refractivity contribution in [3.63, 3.8) is 0 Å². The van der Waals surface area contributed by atoms with Crippen LogP contribution < -0.4 is 10.1 Å². The number of nitrogens with zero attached hydrogens (tertiary/aromatic N) is 3. The summed E-state index contributed by atoms with van der Waals surface area (Å²) in [6.45, 7) is 2.39. The number of carbonyl (C=O) groups excluding carboxylic acids is 1. The third kappa shape index (κ3) is 3.50. The zero-order valence-electron chi connectivity index (χ0n) is 14.8. The van der Waals surface area contributed by atoms with E-state index in [1.807, 2.05) is 66.2 Å². The number of carbonyl (C=O) groups is 1. The summed E-state index contributed by atoms with van der Waals surface area (Å²) < 4.78 is 7.40. The van der Waals surface area contributed by atoms with Crippen LogP contribution in [0.5, 0.6) is 5.75 Å². The predicted molar refractivity (Wildman–Crippen MR) is 104 cm³/mol. The summed E-state index contributed by atoms with van der Waals surface area (Å²) in [7, 11) is 0. The fourth-order valence-electron chi connectivity index (χ4n) is 2.86. The van der Waals surface area contributed by atoms with E-state index in [9.17, 15) is 4.79 Å². The summed E-state index contributed by atoms with van der Waals surface area (Å²) in [6, 6.07) is 16.6. The van der Waals surface area contributed by atoms with E-state index in [2.05, 4.69) is 15.3 Å². The van der Waals surface area contributed by atoms with Crippen LogP contribution in [-0.4, -0.2) is 26.9 Å². The molecule has 27 heavy (non-hydrogen) atoms. The third-order valence-corrected chi connectivity index (χ3v) is 4.08. The van der Waals surface area contributed by atoms with Gasteiger partial charge in [0.2, 0.25) is 5.78 Å². The number of fused-ring (bicyclic) bond motifs is 1. The lowest BCUT2D eigenvalue weighted by molar-refractivity contribution is 0.102. The van der Waals surface area contributed by atoms with Crippen LogP contribution in [0, 0.1) is 0 Å². The van der Waals surface area contributed by atoms with Crippen molar-refractivity contribution in [2.75, 3.05) is 11.9 Å². The minimum atomic E-state index is -0.215. The molecule has 6 heteroatoms. The highest BCUT2D eigenvalue weighted by Gasteiger charge is 2.13. The highest BCUT2D eigenvalue weighted by Crippen LogP contribution is 2.24. The molecule has 0 aliphatic rings. The molecule has 0 saturated carbocycles. The topological polar surface area (TPSA) is 68.5 Å². The second-order valence-electron chi connectivity index (χ2n) is 5.92. The number of anilines is 1. The molecule has 0 atom stereocenters. The Kier molecular flexibility index (Phi) is 4.53. The maximum absolute atomic E-state index is 12.7. The monoisotopic (exact) mass is 358 g/mol. The first kappa shape index (κ1) is 16.8. The third-order valence-electron chi connectivity index (χ3n) is 4.08. The number of imidazole rings is 1. The van der Waals surface area contributed by atoms with Crippen LogP contribution in [-0.2, 0) is 0 Å². The van der Waals surface area contributed by atoms with Crippen LogP contribution in [0.15, 0.2) is 73.2 Å². The number of benzene rings is 2. The molecule has 2 aromatic carbocycles. The van der Waals surface area contributed by atoms with E-state index in [1.165, 1.54) is 0 Å². The maximum atomic E-state index is 12.7. The van der Waals surface area contributed by atoms with Gasteiger partial charge in [0, 0.05) is 29.8 Å². The van der Waals surface area contributed by atoms with Crippen molar-refractivity contribution in [2.24, 2.45) is 0 Å². The molecule has 0 aliphatic heterocycles. The summed E-state index contributed by atoms with van der Waals surface area (Å²) in [6.07, 6.45) is 5.52. The van der Waals surface area contributed by atoms with Crippen molar-refractivity contribution in [3.8, 4) is 17.0 Å². The van der Waals surface area contributed by atoms with Gasteiger partial charge in [0.1, 0.15) is 5.75 Å². The Morgan fingerprint density at radius 1 is 1.15 bits per heavy atom. The lowest BCUT2D eigenvalue weighted by Gasteiger charge is -2.11. The number of amides is 1. The zero-order chi connectivity index (χ0) is 18.6. The Morgan fingerprint density at radius 2 is 2.04 bits per heavy atom. The lowest BCUT2D eigenvalue weighted by Crippen LogP contribution is -2.13. The van der Waals surface area contributed by atoms with Crippen LogP contribution in [0.25, 0.3) is 17.0 Å². The summed E-state index contributed by atoms with van der Waals surface area (Å²) in [5.41, 5.74) is 2.88. The van der Waals surface area contributed by atoms with Gasteiger partial charge in [-0.15, -0.1) is 0 Å². The van der Waals surface area contributed by atoms with Gasteiger partial charge in [-0.1, -0.05) is 24.3 Å². The predicted octanol–water partition coefficient (Wildman–Crippen LogP) is 4.05. The molecule has 0 fully saturated rings.